The molecule has 7 nitrogen and oxygen atoms in total. The topological polar surface area (TPSA) is 75.8 Å². The van der Waals surface area contributed by atoms with E-state index in [9.17, 15) is 0 Å². The number of hydrogen-bond donors (Lipinski definition) is 2. The van der Waals surface area contributed by atoms with E-state index in [0.717, 1.165) is 28.5 Å². The van der Waals surface area contributed by atoms with Crippen LogP contribution in [0.25, 0.3) is 5.65 Å². The van der Waals surface area contributed by atoms with Crippen LogP contribution in [0, 0.1) is 0 Å². The summed E-state index contributed by atoms with van der Waals surface area (Å²) in [5, 5.41) is 15.0. The number of aromatic nitrogens is 3. The Morgan fingerprint density at radius 1 is 0.897 bits per heavy atom. The van der Waals surface area contributed by atoms with Gasteiger partial charge in [-0.25, -0.2) is 0 Å². The molecule has 2 N–H and O–H groups in total. The van der Waals surface area contributed by atoms with Crippen LogP contribution in [0.1, 0.15) is 11.4 Å². The maximum absolute atomic E-state index is 6.02. The van der Waals surface area contributed by atoms with Crippen molar-refractivity contribution in [3.63, 3.8) is 0 Å². The minimum atomic E-state index is 0.507. The number of nitrogens with zero attached hydrogens (tertiary/aromatic N) is 4. The number of benzene rings is 2. The highest BCUT2D eigenvalue weighted by molar-refractivity contribution is 5.79. The molecule has 0 saturated heterocycles. The molecule has 0 unspecified atom stereocenters. The zero-order chi connectivity index (χ0) is 19.9. The normalized spacial score (nSPS) is 11.4. The van der Waals surface area contributed by atoms with Crippen LogP contribution in [0.4, 0.5) is 0 Å². The minimum Gasteiger partial charge on any atom is -0.457 e. The van der Waals surface area contributed by atoms with Crippen molar-refractivity contribution in [2.24, 2.45) is 4.99 Å². The molecule has 2 aromatic carbocycles. The SMILES string of the molecule is CN=C(NCc1ccccc1Oc1ccccc1)NCc1nnc2ccccn12. The van der Waals surface area contributed by atoms with Crippen molar-refractivity contribution in [1.82, 2.24) is 25.2 Å². The van der Waals surface area contributed by atoms with Gasteiger partial charge in [0.05, 0.1) is 6.54 Å². The molecule has 4 rings (SSSR count). The lowest BCUT2D eigenvalue weighted by molar-refractivity contribution is 0.475. The van der Waals surface area contributed by atoms with Crippen molar-refractivity contribution >= 4 is 11.6 Å². The molecule has 7 heteroatoms. The Kier molecular flexibility index (Phi) is 5.66. The first-order chi connectivity index (χ1) is 14.3. The maximum Gasteiger partial charge on any atom is 0.191 e. The Bertz CT molecular complexity index is 1110. The average molecular weight is 386 g/mol. The van der Waals surface area contributed by atoms with E-state index in [1.807, 2.05) is 83.4 Å². The van der Waals surface area contributed by atoms with Crippen LogP contribution in [0.3, 0.4) is 0 Å². The molecule has 0 aliphatic heterocycles. The first-order valence-electron chi connectivity index (χ1n) is 9.37. The van der Waals surface area contributed by atoms with Crippen molar-refractivity contribution < 1.29 is 4.74 Å². The number of para-hydroxylation sites is 2. The predicted molar refractivity (Wildman–Crippen MR) is 113 cm³/mol. The Balaban J connectivity index is 1.39. The van der Waals surface area contributed by atoms with Crippen molar-refractivity contribution in [3.05, 3.63) is 90.4 Å². The van der Waals surface area contributed by atoms with Crippen LogP contribution in [0.5, 0.6) is 11.5 Å². The lowest BCUT2D eigenvalue weighted by Gasteiger charge is -2.14. The molecule has 0 fully saturated rings. The Morgan fingerprint density at radius 3 is 2.52 bits per heavy atom. The van der Waals surface area contributed by atoms with Gasteiger partial charge in [0.15, 0.2) is 17.4 Å². The van der Waals surface area contributed by atoms with E-state index in [1.165, 1.54) is 0 Å². The zero-order valence-corrected chi connectivity index (χ0v) is 16.1. The first kappa shape index (κ1) is 18.5. The molecule has 0 aliphatic carbocycles. The second-order valence-corrected chi connectivity index (χ2v) is 6.35. The number of nitrogens with one attached hydrogen (secondary N) is 2. The first-order valence-corrected chi connectivity index (χ1v) is 9.37. The summed E-state index contributed by atoms with van der Waals surface area (Å²) in [4.78, 5) is 4.29. The molecule has 0 spiro atoms. The van der Waals surface area contributed by atoms with E-state index in [-0.39, 0.29) is 0 Å². The van der Waals surface area contributed by atoms with Gasteiger partial charge in [0.2, 0.25) is 0 Å². The summed E-state index contributed by atoms with van der Waals surface area (Å²) in [6.45, 7) is 1.08. The lowest BCUT2D eigenvalue weighted by Crippen LogP contribution is -2.36. The van der Waals surface area contributed by atoms with Crippen LogP contribution in [-0.2, 0) is 13.1 Å². The number of rotatable bonds is 6. The quantitative estimate of drug-likeness (QED) is 0.392. The maximum atomic E-state index is 6.02. The summed E-state index contributed by atoms with van der Waals surface area (Å²) < 4.78 is 7.97. The number of pyridine rings is 1. The Hall–Kier alpha value is -3.87. The van der Waals surface area contributed by atoms with Crippen molar-refractivity contribution in [2.75, 3.05) is 7.05 Å². The molecular weight excluding hydrogens is 364 g/mol. The Morgan fingerprint density at radius 2 is 1.66 bits per heavy atom. The molecule has 0 amide bonds. The summed E-state index contributed by atoms with van der Waals surface area (Å²) in [6.07, 6.45) is 1.94. The Labute approximate surface area is 169 Å². The standard InChI is InChI=1S/C22H22N6O/c1-23-22(25-16-21-27-26-20-13-7-8-14-28(20)21)24-15-17-9-5-6-12-19(17)29-18-10-3-2-4-11-18/h2-14H,15-16H2,1H3,(H2,23,24,25). The van der Waals surface area contributed by atoms with Gasteiger partial charge in [0.1, 0.15) is 11.5 Å². The molecule has 2 heterocycles. The molecule has 0 radical (unpaired) electrons. The van der Waals surface area contributed by atoms with E-state index in [4.69, 9.17) is 4.74 Å². The van der Waals surface area contributed by atoms with Crippen LogP contribution < -0.4 is 15.4 Å². The summed E-state index contributed by atoms with van der Waals surface area (Å²) in [5.41, 5.74) is 1.85. The van der Waals surface area contributed by atoms with E-state index in [2.05, 4.69) is 25.8 Å². The highest BCUT2D eigenvalue weighted by atomic mass is 16.5. The van der Waals surface area contributed by atoms with Gasteiger partial charge in [-0.1, -0.05) is 42.5 Å². The van der Waals surface area contributed by atoms with Gasteiger partial charge in [0, 0.05) is 25.4 Å². The largest absolute Gasteiger partial charge is 0.457 e. The second-order valence-electron chi connectivity index (χ2n) is 6.35. The number of aliphatic imine (C=N–C) groups is 1. The number of fused-ring (bicyclic) bond motifs is 1. The molecular formula is C22H22N6O. The van der Waals surface area contributed by atoms with Crippen LogP contribution in [-0.4, -0.2) is 27.6 Å². The molecule has 0 bridgehead atoms. The number of ether oxygens (including phenoxy) is 1. The van der Waals surface area contributed by atoms with E-state index in [0.29, 0.717) is 19.0 Å². The monoisotopic (exact) mass is 386 g/mol. The smallest absolute Gasteiger partial charge is 0.191 e. The van der Waals surface area contributed by atoms with E-state index in [1.54, 1.807) is 7.05 Å². The van der Waals surface area contributed by atoms with Crippen LogP contribution >= 0.6 is 0 Å². The van der Waals surface area contributed by atoms with Gasteiger partial charge in [-0.15, -0.1) is 10.2 Å². The van der Waals surface area contributed by atoms with E-state index < -0.39 is 0 Å². The third-order valence-electron chi connectivity index (χ3n) is 4.41. The molecule has 0 saturated carbocycles. The number of guanidine groups is 1. The average Bonchev–Trinajstić information content (AvgIpc) is 3.19. The van der Waals surface area contributed by atoms with Gasteiger partial charge >= 0.3 is 0 Å². The summed E-state index contributed by atoms with van der Waals surface area (Å²) >= 11 is 0. The molecule has 29 heavy (non-hydrogen) atoms. The van der Waals surface area contributed by atoms with Crippen LogP contribution in [0.15, 0.2) is 84.0 Å². The van der Waals surface area contributed by atoms with Gasteiger partial charge in [0.25, 0.3) is 0 Å². The van der Waals surface area contributed by atoms with Gasteiger partial charge in [-0.3, -0.25) is 9.39 Å². The molecule has 0 aliphatic rings. The molecule has 146 valence electrons. The van der Waals surface area contributed by atoms with Gasteiger partial charge in [-0.05, 0) is 30.3 Å². The highest BCUT2D eigenvalue weighted by Crippen LogP contribution is 2.24. The minimum absolute atomic E-state index is 0.507. The zero-order valence-electron chi connectivity index (χ0n) is 16.1. The number of hydrogen-bond acceptors (Lipinski definition) is 4. The van der Waals surface area contributed by atoms with Crippen molar-refractivity contribution in [3.8, 4) is 11.5 Å². The summed E-state index contributed by atoms with van der Waals surface area (Å²) in [6, 6.07) is 23.5. The van der Waals surface area contributed by atoms with E-state index >= 15 is 0 Å². The molecule has 4 aromatic rings. The predicted octanol–water partition coefficient (Wildman–Crippen LogP) is 3.39. The highest BCUT2D eigenvalue weighted by Gasteiger charge is 2.08. The van der Waals surface area contributed by atoms with Gasteiger partial charge < -0.3 is 15.4 Å². The fourth-order valence-electron chi connectivity index (χ4n) is 2.94. The lowest BCUT2D eigenvalue weighted by atomic mass is 10.2. The third kappa shape index (κ3) is 4.52. The summed E-state index contributed by atoms with van der Waals surface area (Å²) in [5.74, 6) is 3.11. The van der Waals surface area contributed by atoms with Crippen molar-refractivity contribution in [2.45, 2.75) is 13.1 Å². The third-order valence-corrected chi connectivity index (χ3v) is 4.41. The fourth-order valence-corrected chi connectivity index (χ4v) is 2.94. The fraction of sp³-hybridized carbons (Fsp3) is 0.136. The van der Waals surface area contributed by atoms with Crippen LogP contribution in [0.2, 0.25) is 0 Å². The second kappa shape index (κ2) is 8.88. The molecule has 2 aromatic heterocycles. The van der Waals surface area contributed by atoms with Crippen molar-refractivity contribution in [1.29, 1.82) is 0 Å². The van der Waals surface area contributed by atoms with Gasteiger partial charge in [-0.2, -0.15) is 0 Å². The molecule has 0 atom stereocenters. The summed E-state index contributed by atoms with van der Waals surface area (Å²) in [7, 11) is 1.74.